The molecule has 0 radical (unpaired) electrons. The Hall–Kier alpha value is -1.47. The Morgan fingerprint density at radius 2 is 1.90 bits per heavy atom. The number of rotatable bonds is 3. The standard InChI is InChI=1S/C14H18FNO4S/c1-9-6-12(15)7-10(2)13(9)21(19,20)16-5-3-4-11(8-16)14(17)18/h6-7,11H,3-5,8H2,1-2H3,(H,17,18)/t11-/m0/s1. The molecule has 0 amide bonds. The molecule has 5 nitrogen and oxygen atoms in total. The predicted molar refractivity (Wildman–Crippen MR) is 75.0 cm³/mol. The number of benzene rings is 1. The number of carboxylic acid groups (broad SMARTS) is 1. The summed E-state index contributed by atoms with van der Waals surface area (Å²) in [5.74, 6) is -2.15. The number of piperidine rings is 1. The van der Waals surface area contributed by atoms with Crippen molar-refractivity contribution in [2.24, 2.45) is 5.92 Å². The maximum atomic E-state index is 13.3. The van der Waals surface area contributed by atoms with Gasteiger partial charge in [-0.2, -0.15) is 4.31 Å². The molecule has 0 aliphatic carbocycles. The van der Waals surface area contributed by atoms with Crippen LogP contribution in [0.4, 0.5) is 4.39 Å². The van der Waals surface area contributed by atoms with Crippen molar-refractivity contribution in [2.45, 2.75) is 31.6 Å². The average molecular weight is 315 g/mol. The molecule has 1 aliphatic rings. The molecule has 2 rings (SSSR count). The lowest BCUT2D eigenvalue weighted by molar-refractivity contribution is -0.142. The van der Waals surface area contributed by atoms with Crippen molar-refractivity contribution in [1.82, 2.24) is 4.31 Å². The smallest absolute Gasteiger partial charge is 0.307 e. The van der Waals surface area contributed by atoms with Crippen LogP contribution in [-0.4, -0.2) is 36.9 Å². The van der Waals surface area contributed by atoms with Gasteiger partial charge >= 0.3 is 5.97 Å². The Labute approximate surface area is 123 Å². The third kappa shape index (κ3) is 3.08. The number of sulfonamides is 1. The summed E-state index contributed by atoms with van der Waals surface area (Å²) >= 11 is 0. The number of aryl methyl sites for hydroxylation is 2. The van der Waals surface area contributed by atoms with E-state index in [-0.39, 0.29) is 11.4 Å². The Balaban J connectivity index is 2.41. The summed E-state index contributed by atoms with van der Waals surface area (Å²) in [5.41, 5.74) is 0.676. The molecule has 0 spiro atoms. The minimum atomic E-state index is -3.80. The highest BCUT2D eigenvalue weighted by molar-refractivity contribution is 7.89. The molecule has 1 N–H and O–H groups in total. The zero-order valence-corrected chi connectivity index (χ0v) is 12.8. The first-order valence-corrected chi connectivity index (χ1v) is 8.17. The summed E-state index contributed by atoms with van der Waals surface area (Å²) in [5, 5.41) is 9.07. The van der Waals surface area contributed by atoms with E-state index in [1.807, 2.05) is 0 Å². The van der Waals surface area contributed by atoms with Gasteiger partial charge in [-0.25, -0.2) is 12.8 Å². The van der Waals surface area contributed by atoms with Gasteiger partial charge < -0.3 is 5.11 Å². The molecule has 1 saturated heterocycles. The first kappa shape index (κ1) is 15.9. The van der Waals surface area contributed by atoms with Crippen molar-refractivity contribution in [3.63, 3.8) is 0 Å². The second-order valence-corrected chi connectivity index (χ2v) is 7.28. The van der Waals surface area contributed by atoms with Gasteiger partial charge in [-0.1, -0.05) is 0 Å². The van der Waals surface area contributed by atoms with Crippen molar-refractivity contribution >= 4 is 16.0 Å². The minimum Gasteiger partial charge on any atom is -0.481 e. The van der Waals surface area contributed by atoms with Crippen LogP contribution in [0.2, 0.25) is 0 Å². The van der Waals surface area contributed by atoms with Crippen LogP contribution in [0, 0.1) is 25.6 Å². The lowest BCUT2D eigenvalue weighted by Crippen LogP contribution is -2.42. The fourth-order valence-corrected chi connectivity index (χ4v) is 4.73. The van der Waals surface area contributed by atoms with Gasteiger partial charge in [0.1, 0.15) is 5.82 Å². The van der Waals surface area contributed by atoms with Crippen LogP contribution in [0.3, 0.4) is 0 Å². The number of aliphatic carboxylic acids is 1. The van der Waals surface area contributed by atoms with Crippen LogP contribution in [0.15, 0.2) is 17.0 Å². The molecule has 116 valence electrons. The van der Waals surface area contributed by atoms with Crippen LogP contribution in [0.5, 0.6) is 0 Å². The van der Waals surface area contributed by atoms with E-state index in [1.54, 1.807) is 13.8 Å². The van der Waals surface area contributed by atoms with Crippen molar-refractivity contribution in [3.8, 4) is 0 Å². The summed E-state index contributed by atoms with van der Waals surface area (Å²) in [7, 11) is -3.80. The van der Waals surface area contributed by atoms with Gasteiger partial charge in [0.25, 0.3) is 0 Å². The summed E-state index contributed by atoms with van der Waals surface area (Å²) < 4.78 is 40.0. The Morgan fingerprint density at radius 1 is 1.33 bits per heavy atom. The third-order valence-corrected chi connectivity index (χ3v) is 5.93. The van der Waals surface area contributed by atoms with Gasteiger partial charge in [-0.15, -0.1) is 0 Å². The van der Waals surface area contributed by atoms with E-state index in [0.717, 1.165) is 0 Å². The molecule has 1 fully saturated rings. The van der Waals surface area contributed by atoms with E-state index in [0.29, 0.717) is 30.5 Å². The number of halogens is 1. The zero-order chi connectivity index (χ0) is 15.8. The Kier molecular flexibility index (Phi) is 4.34. The number of nitrogens with zero attached hydrogens (tertiary/aromatic N) is 1. The summed E-state index contributed by atoms with van der Waals surface area (Å²) in [6.07, 6.45) is 0.984. The maximum Gasteiger partial charge on any atom is 0.307 e. The van der Waals surface area contributed by atoms with Crippen LogP contribution < -0.4 is 0 Å². The van der Waals surface area contributed by atoms with Gasteiger partial charge in [0.2, 0.25) is 10.0 Å². The fraction of sp³-hybridized carbons (Fsp3) is 0.500. The van der Waals surface area contributed by atoms with Crippen LogP contribution >= 0.6 is 0 Å². The summed E-state index contributed by atoms with van der Waals surface area (Å²) in [4.78, 5) is 11.1. The van der Waals surface area contributed by atoms with Crippen molar-refractivity contribution in [1.29, 1.82) is 0 Å². The highest BCUT2D eigenvalue weighted by atomic mass is 32.2. The lowest BCUT2D eigenvalue weighted by atomic mass is 10.0. The van der Waals surface area contributed by atoms with Crippen molar-refractivity contribution < 1.29 is 22.7 Å². The molecule has 1 atom stereocenters. The van der Waals surface area contributed by atoms with E-state index in [9.17, 15) is 17.6 Å². The molecule has 0 saturated carbocycles. The van der Waals surface area contributed by atoms with Crippen LogP contribution in [-0.2, 0) is 14.8 Å². The Morgan fingerprint density at radius 3 is 2.43 bits per heavy atom. The van der Waals surface area contributed by atoms with Crippen LogP contribution in [0.1, 0.15) is 24.0 Å². The zero-order valence-electron chi connectivity index (χ0n) is 12.0. The molecule has 0 unspecified atom stereocenters. The molecule has 1 heterocycles. The predicted octanol–water partition coefficient (Wildman–Crippen LogP) is 1.93. The van der Waals surface area contributed by atoms with Gasteiger partial charge in [0, 0.05) is 13.1 Å². The van der Waals surface area contributed by atoms with E-state index in [1.165, 1.54) is 16.4 Å². The van der Waals surface area contributed by atoms with Gasteiger partial charge in [-0.05, 0) is 49.9 Å². The molecule has 1 aliphatic heterocycles. The number of carbonyl (C=O) groups is 1. The minimum absolute atomic E-state index is 0.0338. The van der Waals surface area contributed by atoms with Crippen molar-refractivity contribution in [3.05, 3.63) is 29.1 Å². The molecule has 0 bridgehead atoms. The summed E-state index contributed by atoms with van der Waals surface area (Å²) in [6, 6.07) is 2.36. The second kappa shape index (κ2) is 5.73. The largest absolute Gasteiger partial charge is 0.481 e. The van der Waals surface area contributed by atoms with Gasteiger partial charge in [0.15, 0.2) is 0 Å². The molecule has 1 aromatic rings. The molecule has 1 aromatic carbocycles. The van der Waals surface area contributed by atoms with E-state index in [2.05, 4.69) is 0 Å². The third-order valence-electron chi connectivity index (χ3n) is 3.76. The van der Waals surface area contributed by atoms with Gasteiger partial charge in [0.05, 0.1) is 10.8 Å². The molecular formula is C14H18FNO4S. The molecule has 0 aromatic heterocycles. The topological polar surface area (TPSA) is 74.7 Å². The SMILES string of the molecule is Cc1cc(F)cc(C)c1S(=O)(=O)N1CCC[C@H](C(=O)O)C1. The van der Waals surface area contributed by atoms with E-state index in [4.69, 9.17) is 5.11 Å². The molecule has 7 heteroatoms. The number of carboxylic acids is 1. The van der Waals surface area contributed by atoms with Gasteiger partial charge in [-0.3, -0.25) is 4.79 Å². The van der Waals surface area contributed by atoms with Crippen LogP contribution in [0.25, 0.3) is 0 Å². The maximum absolute atomic E-state index is 13.3. The molecule has 21 heavy (non-hydrogen) atoms. The average Bonchev–Trinajstić information content (AvgIpc) is 2.37. The number of hydrogen-bond acceptors (Lipinski definition) is 3. The quantitative estimate of drug-likeness (QED) is 0.925. The lowest BCUT2D eigenvalue weighted by Gasteiger charge is -2.30. The highest BCUT2D eigenvalue weighted by Crippen LogP contribution is 2.28. The summed E-state index contributed by atoms with van der Waals surface area (Å²) in [6.45, 7) is 3.35. The second-order valence-electron chi connectivity index (χ2n) is 5.41. The number of hydrogen-bond donors (Lipinski definition) is 1. The Bertz CT molecular complexity index is 649. The first-order chi connectivity index (χ1) is 9.73. The van der Waals surface area contributed by atoms with E-state index < -0.39 is 27.7 Å². The fourth-order valence-electron chi connectivity index (χ4n) is 2.80. The monoisotopic (exact) mass is 315 g/mol. The molecular weight excluding hydrogens is 297 g/mol. The van der Waals surface area contributed by atoms with Crippen molar-refractivity contribution in [2.75, 3.05) is 13.1 Å². The first-order valence-electron chi connectivity index (χ1n) is 6.73. The normalized spacial score (nSPS) is 20.4. The van der Waals surface area contributed by atoms with E-state index >= 15 is 0 Å². The highest BCUT2D eigenvalue weighted by Gasteiger charge is 2.34.